The van der Waals surface area contributed by atoms with Crippen molar-refractivity contribution in [3.63, 3.8) is 0 Å². The molecule has 128 valence electrons. The van der Waals surface area contributed by atoms with Crippen molar-refractivity contribution in [3.8, 4) is 5.69 Å². The van der Waals surface area contributed by atoms with Crippen LogP contribution in [-0.4, -0.2) is 27.7 Å². The molecule has 6 heteroatoms. The van der Waals surface area contributed by atoms with Crippen LogP contribution in [0.3, 0.4) is 0 Å². The second kappa shape index (κ2) is 7.53. The van der Waals surface area contributed by atoms with E-state index in [1.165, 1.54) is 5.56 Å². The van der Waals surface area contributed by atoms with Gasteiger partial charge in [-0.2, -0.15) is 0 Å². The van der Waals surface area contributed by atoms with Gasteiger partial charge in [0.15, 0.2) is 5.16 Å². The maximum atomic E-state index is 11.8. The lowest BCUT2D eigenvalue weighted by atomic mass is 10.1. The van der Waals surface area contributed by atoms with Crippen LogP contribution in [0.4, 0.5) is 0 Å². The Kier molecular flexibility index (Phi) is 5.19. The summed E-state index contributed by atoms with van der Waals surface area (Å²) >= 11 is 1.61. The lowest BCUT2D eigenvalue weighted by molar-refractivity contribution is 0.0963. The third-order valence-corrected chi connectivity index (χ3v) is 4.94. The van der Waals surface area contributed by atoms with Crippen LogP contribution in [0, 0.1) is 13.8 Å². The number of nitrogens with zero attached hydrogens (tertiary/aromatic N) is 3. The average Bonchev–Trinajstić information content (AvgIpc) is 3.00. The number of aryl methyl sites for hydroxylation is 2. The summed E-state index contributed by atoms with van der Waals surface area (Å²) in [4.78, 5) is 11.8. The second-order valence-electron chi connectivity index (χ2n) is 5.72. The highest BCUT2D eigenvalue weighted by atomic mass is 32.2. The van der Waals surface area contributed by atoms with E-state index in [0.717, 1.165) is 28.0 Å². The minimum absolute atomic E-state index is 0.0780. The van der Waals surface area contributed by atoms with Gasteiger partial charge in [0.25, 0.3) is 5.91 Å². The molecule has 0 radical (unpaired) electrons. The van der Waals surface area contributed by atoms with Crippen LogP contribution in [0.1, 0.15) is 27.3 Å². The van der Waals surface area contributed by atoms with Crippen molar-refractivity contribution in [2.75, 3.05) is 7.05 Å². The topological polar surface area (TPSA) is 59.8 Å². The summed E-state index contributed by atoms with van der Waals surface area (Å²) in [6.07, 6.45) is 0. The van der Waals surface area contributed by atoms with Gasteiger partial charge in [-0.15, -0.1) is 10.2 Å². The van der Waals surface area contributed by atoms with Gasteiger partial charge in [-0.1, -0.05) is 42.1 Å². The maximum Gasteiger partial charge on any atom is 0.251 e. The Labute approximate surface area is 151 Å². The molecule has 1 N–H and O–H groups in total. The predicted octanol–water partition coefficient (Wildman–Crippen LogP) is 3.54. The molecule has 0 aliphatic heterocycles. The van der Waals surface area contributed by atoms with E-state index in [-0.39, 0.29) is 5.91 Å². The van der Waals surface area contributed by atoms with Crippen molar-refractivity contribution < 1.29 is 4.79 Å². The molecule has 0 aliphatic rings. The Morgan fingerprint density at radius 1 is 1.12 bits per heavy atom. The van der Waals surface area contributed by atoms with Crippen molar-refractivity contribution in [2.45, 2.75) is 24.8 Å². The van der Waals surface area contributed by atoms with Crippen LogP contribution in [0.5, 0.6) is 0 Å². The van der Waals surface area contributed by atoms with Gasteiger partial charge in [0.2, 0.25) is 0 Å². The smallest absolute Gasteiger partial charge is 0.251 e. The van der Waals surface area contributed by atoms with Gasteiger partial charge >= 0.3 is 0 Å². The van der Waals surface area contributed by atoms with Crippen LogP contribution in [0.2, 0.25) is 0 Å². The SMILES string of the molecule is CNC(=O)c1cccc(CSc2nnc(C)n2-c2ccccc2C)c1. The number of hydrogen-bond acceptors (Lipinski definition) is 4. The Morgan fingerprint density at radius 2 is 1.92 bits per heavy atom. The third-order valence-electron chi connectivity index (χ3n) is 3.94. The molecular weight excluding hydrogens is 332 g/mol. The average molecular weight is 352 g/mol. The zero-order valence-corrected chi connectivity index (χ0v) is 15.3. The van der Waals surface area contributed by atoms with Gasteiger partial charge < -0.3 is 5.32 Å². The minimum Gasteiger partial charge on any atom is -0.355 e. The van der Waals surface area contributed by atoms with E-state index < -0.39 is 0 Å². The number of thioether (sulfide) groups is 1. The van der Waals surface area contributed by atoms with Crippen molar-refractivity contribution in [3.05, 3.63) is 71.0 Å². The first kappa shape index (κ1) is 17.2. The van der Waals surface area contributed by atoms with E-state index >= 15 is 0 Å². The first-order valence-corrected chi connectivity index (χ1v) is 9.00. The maximum absolute atomic E-state index is 11.8. The molecule has 1 heterocycles. The summed E-state index contributed by atoms with van der Waals surface area (Å²) in [5.41, 5.74) is 4.00. The van der Waals surface area contributed by atoms with Crippen LogP contribution in [0.15, 0.2) is 53.7 Å². The first-order valence-electron chi connectivity index (χ1n) is 8.02. The van der Waals surface area contributed by atoms with Gasteiger partial charge in [0.1, 0.15) is 5.82 Å². The van der Waals surface area contributed by atoms with Crippen LogP contribution >= 0.6 is 11.8 Å². The van der Waals surface area contributed by atoms with Gasteiger partial charge in [-0.3, -0.25) is 9.36 Å². The Hall–Kier alpha value is -2.60. The lowest BCUT2D eigenvalue weighted by Gasteiger charge is -2.11. The Bertz CT molecular complexity index is 904. The molecule has 0 bridgehead atoms. The van der Waals surface area contributed by atoms with Gasteiger partial charge in [-0.25, -0.2) is 0 Å². The first-order chi connectivity index (χ1) is 12.1. The summed E-state index contributed by atoms with van der Waals surface area (Å²) in [7, 11) is 1.64. The van der Waals surface area contributed by atoms with Gasteiger partial charge in [-0.05, 0) is 43.2 Å². The van der Waals surface area contributed by atoms with Crippen molar-refractivity contribution >= 4 is 17.7 Å². The standard InChI is InChI=1S/C19H20N4OS/c1-13-7-4-5-10-17(13)23-14(2)21-22-19(23)25-12-15-8-6-9-16(11-15)18(24)20-3/h4-11H,12H2,1-3H3,(H,20,24). The molecule has 5 nitrogen and oxygen atoms in total. The molecular formula is C19H20N4OS. The number of nitrogens with one attached hydrogen (secondary N) is 1. The van der Waals surface area contributed by atoms with E-state index in [2.05, 4.69) is 39.1 Å². The summed E-state index contributed by atoms with van der Waals surface area (Å²) in [6.45, 7) is 4.03. The van der Waals surface area contributed by atoms with E-state index in [9.17, 15) is 4.79 Å². The number of benzene rings is 2. The molecule has 3 aromatic rings. The summed E-state index contributed by atoms with van der Waals surface area (Å²) in [6, 6.07) is 15.8. The quantitative estimate of drug-likeness (QED) is 0.714. The molecule has 0 fully saturated rings. The number of rotatable bonds is 5. The van der Waals surface area contributed by atoms with Gasteiger partial charge in [0, 0.05) is 18.4 Å². The van der Waals surface area contributed by atoms with E-state index in [0.29, 0.717) is 5.56 Å². The fourth-order valence-electron chi connectivity index (χ4n) is 2.62. The second-order valence-corrected chi connectivity index (χ2v) is 6.66. The molecule has 0 aliphatic carbocycles. The minimum atomic E-state index is -0.0780. The monoisotopic (exact) mass is 352 g/mol. The molecule has 0 unspecified atom stereocenters. The fraction of sp³-hybridized carbons (Fsp3) is 0.211. The molecule has 1 aromatic heterocycles. The number of carbonyl (C=O) groups is 1. The Balaban J connectivity index is 1.84. The van der Waals surface area contributed by atoms with Crippen LogP contribution in [-0.2, 0) is 5.75 Å². The zero-order chi connectivity index (χ0) is 17.8. The number of amides is 1. The highest BCUT2D eigenvalue weighted by Gasteiger charge is 2.13. The van der Waals surface area contributed by atoms with E-state index in [1.54, 1.807) is 18.8 Å². The summed E-state index contributed by atoms with van der Waals surface area (Å²) in [5.74, 6) is 1.50. The van der Waals surface area contributed by atoms with Crippen molar-refractivity contribution in [1.82, 2.24) is 20.1 Å². The normalized spacial score (nSPS) is 10.7. The largest absolute Gasteiger partial charge is 0.355 e. The Morgan fingerprint density at radius 3 is 2.68 bits per heavy atom. The van der Waals surface area contributed by atoms with E-state index in [1.807, 2.05) is 43.3 Å². The predicted molar refractivity (Wildman–Crippen MR) is 100 cm³/mol. The van der Waals surface area contributed by atoms with Crippen molar-refractivity contribution in [2.24, 2.45) is 0 Å². The molecule has 1 amide bonds. The number of hydrogen-bond donors (Lipinski definition) is 1. The van der Waals surface area contributed by atoms with E-state index in [4.69, 9.17) is 0 Å². The number of carbonyl (C=O) groups excluding carboxylic acids is 1. The highest BCUT2D eigenvalue weighted by molar-refractivity contribution is 7.98. The van der Waals surface area contributed by atoms with Crippen LogP contribution in [0.25, 0.3) is 5.69 Å². The number of para-hydroxylation sites is 1. The molecule has 3 rings (SSSR count). The van der Waals surface area contributed by atoms with Crippen LogP contribution < -0.4 is 5.32 Å². The number of aromatic nitrogens is 3. The fourth-order valence-corrected chi connectivity index (χ4v) is 3.56. The molecule has 25 heavy (non-hydrogen) atoms. The lowest BCUT2D eigenvalue weighted by Crippen LogP contribution is -2.17. The molecule has 0 saturated carbocycles. The third kappa shape index (κ3) is 3.74. The van der Waals surface area contributed by atoms with Gasteiger partial charge in [0.05, 0.1) is 5.69 Å². The molecule has 2 aromatic carbocycles. The summed E-state index contributed by atoms with van der Waals surface area (Å²) < 4.78 is 2.07. The summed E-state index contributed by atoms with van der Waals surface area (Å²) in [5, 5.41) is 12.0. The molecule has 0 atom stereocenters. The van der Waals surface area contributed by atoms with Crippen molar-refractivity contribution in [1.29, 1.82) is 0 Å². The zero-order valence-electron chi connectivity index (χ0n) is 14.5. The highest BCUT2D eigenvalue weighted by Crippen LogP contribution is 2.26. The molecule has 0 spiro atoms. The molecule has 0 saturated heterocycles.